The van der Waals surface area contributed by atoms with Crippen molar-refractivity contribution in [1.29, 1.82) is 10.8 Å². The topological polar surface area (TPSA) is 149 Å². The number of carbonyl (C=O) groups is 2. The van der Waals surface area contributed by atoms with E-state index in [1.165, 1.54) is 0 Å². The van der Waals surface area contributed by atoms with Gasteiger partial charge in [0.2, 0.25) is 0 Å². The van der Waals surface area contributed by atoms with Crippen molar-refractivity contribution in [3.05, 3.63) is 70.8 Å². The third kappa shape index (κ3) is 5.16. The minimum atomic E-state index is -0.260. The summed E-state index contributed by atoms with van der Waals surface area (Å²) in [6.45, 7) is 3.03. The van der Waals surface area contributed by atoms with Crippen LogP contribution < -0.4 is 16.8 Å². The van der Waals surface area contributed by atoms with Crippen LogP contribution in [0.4, 0.5) is 0 Å². The summed E-state index contributed by atoms with van der Waals surface area (Å²) in [6.07, 6.45) is 0. The molecule has 7 N–H and O–H groups in total. The Bertz CT molecular complexity index is 875. The zero-order valence-corrected chi connectivity index (χ0v) is 15.7. The smallest absolute Gasteiger partial charge is 0.253 e. The molecule has 8 heteroatoms. The van der Waals surface area contributed by atoms with Crippen molar-refractivity contribution < 1.29 is 9.59 Å². The zero-order valence-electron chi connectivity index (χ0n) is 15.7. The van der Waals surface area contributed by atoms with Crippen LogP contribution in [0, 0.1) is 10.8 Å². The standard InChI is InChI=1S/C20H24N6O2/c1-2-26(20(28)16-9-5-14(6-10-16)18(23)24)12-11-25-19(27)15-7-3-13(4-8-15)17(21)22/h3-10H,2,11-12H2,1H3,(H3,21,22)(H3,23,24)(H,25,27). The Morgan fingerprint density at radius 1 is 0.857 bits per heavy atom. The largest absolute Gasteiger partial charge is 0.384 e. The van der Waals surface area contributed by atoms with E-state index in [1.54, 1.807) is 53.4 Å². The Hall–Kier alpha value is -3.68. The SMILES string of the molecule is CCN(CCNC(=O)c1ccc(C(=N)N)cc1)C(=O)c1ccc(C(=N)N)cc1. The first-order chi connectivity index (χ1) is 13.3. The van der Waals surface area contributed by atoms with Gasteiger partial charge in [-0.2, -0.15) is 0 Å². The van der Waals surface area contributed by atoms with Crippen molar-refractivity contribution in [2.75, 3.05) is 19.6 Å². The summed E-state index contributed by atoms with van der Waals surface area (Å²) in [4.78, 5) is 26.4. The fourth-order valence-corrected chi connectivity index (χ4v) is 2.59. The number of nitrogens with one attached hydrogen (secondary N) is 3. The minimum absolute atomic E-state index is 0.0506. The molecular weight excluding hydrogens is 356 g/mol. The van der Waals surface area contributed by atoms with Gasteiger partial charge in [0.05, 0.1) is 0 Å². The number of benzene rings is 2. The molecule has 0 atom stereocenters. The molecule has 0 aliphatic heterocycles. The fourth-order valence-electron chi connectivity index (χ4n) is 2.59. The molecule has 2 aromatic rings. The van der Waals surface area contributed by atoms with Gasteiger partial charge in [-0.05, 0) is 31.2 Å². The van der Waals surface area contributed by atoms with Crippen molar-refractivity contribution in [3.63, 3.8) is 0 Å². The predicted molar refractivity (Wildman–Crippen MR) is 109 cm³/mol. The second-order valence-corrected chi connectivity index (χ2v) is 6.12. The van der Waals surface area contributed by atoms with Crippen LogP contribution in [0.1, 0.15) is 38.8 Å². The first kappa shape index (κ1) is 20.6. The molecule has 0 heterocycles. The number of rotatable bonds is 8. The lowest BCUT2D eigenvalue weighted by Crippen LogP contribution is -2.38. The maximum absolute atomic E-state index is 12.6. The van der Waals surface area contributed by atoms with E-state index in [2.05, 4.69) is 5.32 Å². The molecule has 0 aliphatic carbocycles. The molecule has 2 aromatic carbocycles. The molecule has 28 heavy (non-hydrogen) atoms. The van der Waals surface area contributed by atoms with E-state index >= 15 is 0 Å². The van der Waals surface area contributed by atoms with Gasteiger partial charge in [-0.25, -0.2) is 0 Å². The maximum Gasteiger partial charge on any atom is 0.253 e. The van der Waals surface area contributed by atoms with Gasteiger partial charge in [-0.1, -0.05) is 24.3 Å². The number of nitrogens with two attached hydrogens (primary N) is 2. The van der Waals surface area contributed by atoms with E-state index in [0.717, 1.165) is 0 Å². The van der Waals surface area contributed by atoms with Gasteiger partial charge >= 0.3 is 0 Å². The lowest BCUT2D eigenvalue weighted by atomic mass is 10.1. The molecule has 0 fully saturated rings. The Kier molecular flexibility index (Phi) is 6.86. The van der Waals surface area contributed by atoms with E-state index < -0.39 is 0 Å². The second-order valence-electron chi connectivity index (χ2n) is 6.12. The van der Waals surface area contributed by atoms with E-state index in [9.17, 15) is 9.59 Å². The molecule has 146 valence electrons. The second kappa shape index (κ2) is 9.31. The first-order valence-corrected chi connectivity index (χ1v) is 8.80. The summed E-state index contributed by atoms with van der Waals surface area (Å²) in [5, 5.41) is 17.5. The average Bonchev–Trinajstić information content (AvgIpc) is 2.70. The van der Waals surface area contributed by atoms with Crippen molar-refractivity contribution in [2.24, 2.45) is 11.5 Å². The number of carbonyl (C=O) groups excluding carboxylic acids is 2. The van der Waals surface area contributed by atoms with Gasteiger partial charge in [0.25, 0.3) is 11.8 Å². The van der Waals surface area contributed by atoms with Crippen molar-refractivity contribution in [1.82, 2.24) is 10.2 Å². The van der Waals surface area contributed by atoms with Gasteiger partial charge in [0, 0.05) is 41.9 Å². The Balaban J connectivity index is 1.92. The van der Waals surface area contributed by atoms with Gasteiger partial charge in [-0.15, -0.1) is 0 Å². The number of hydrogen-bond acceptors (Lipinski definition) is 4. The van der Waals surface area contributed by atoms with Crippen LogP contribution in [0.3, 0.4) is 0 Å². The van der Waals surface area contributed by atoms with Crippen molar-refractivity contribution in [3.8, 4) is 0 Å². The normalized spacial score (nSPS) is 10.2. The number of amidine groups is 2. The van der Waals surface area contributed by atoms with Crippen LogP contribution in [0.15, 0.2) is 48.5 Å². The quantitative estimate of drug-likeness (QED) is 0.345. The van der Waals surface area contributed by atoms with E-state index in [0.29, 0.717) is 41.9 Å². The van der Waals surface area contributed by atoms with Crippen LogP contribution in [-0.2, 0) is 0 Å². The number of likely N-dealkylation sites (N-methyl/N-ethyl adjacent to an activating group) is 1. The molecule has 0 aromatic heterocycles. The highest BCUT2D eigenvalue weighted by Gasteiger charge is 2.15. The molecule has 0 unspecified atom stereocenters. The van der Waals surface area contributed by atoms with Crippen molar-refractivity contribution in [2.45, 2.75) is 6.92 Å². The number of nitrogens with zero attached hydrogens (tertiary/aromatic N) is 1. The van der Waals surface area contributed by atoms with Crippen LogP contribution in [0.2, 0.25) is 0 Å². The number of hydrogen-bond donors (Lipinski definition) is 5. The summed E-state index contributed by atoms with van der Waals surface area (Å²) in [5.41, 5.74) is 12.9. The number of nitrogen functional groups attached to an aromatic ring is 2. The third-order valence-electron chi connectivity index (χ3n) is 4.24. The third-order valence-corrected chi connectivity index (χ3v) is 4.24. The summed E-state index contributed by atoms with van der Waals surface area (Å²) in [7, 11) is 0. The Labute approximate surface area is 163 Å². The predicted octanol–water partition coefficient (Wildman–Crippen LogP) is 1.15. The summed E-state index contributed by atoms with van der Waals surface area (Å²) in [6, 6.07) is 13.0. The highest BCUT2D eigenvalue weighted by molar-refractivity contribution is 5.99. The Morgan fingerprint density at radius 3 is 1.71 bits per heavy atom. The summed E-state index contributed by atoms with van der Waals surface area (Å²) in [5.74, 6) is -0.520. The van der Waals surface area contributed by atoms with Gasteiger partial charge in [0.15, 0.2) is 0 Å². The maximum atomic E-state index is 12.6. The molecule has 0 saturated heterocycles. The zero-order chi connectivity index (χ0) is 20.7. The average molecular weight is 380 g/mol. The van der Waals surface area contributed by atoms with E-state index in [1.807, 2.05) is 6.92 Å². The monoisotopic (exact) mass is 380 g/mol. The minimum Gasteiger partial charge on any atom is -0.384 e. The summed E-state index contributed by atoms with van der Waals surface area (Å²) >= 11 is 0. The molecule has 0 aliphatic rings. The van der Waals surface area contributed by atoms with Crippen LogP contribution >= 0.6 is 0 Å². The Morgan fingerprint density at radius 2 is 1.29 bits per heavy atom. The summed E-state index contributed by atoms with van der Waals surface area (Å²) < 4.78 is 0. The molecule has 2 amide bonds. The number of amides is 2. The molecule has 0 bridgehead atoms. The molecular formula is C20H24N6O2. The molecule has 0 saturated carbocycles. The van der Waals surface area contributed by atoms with Crippen molar-refractivity contribution >= 4 is 23.5 Å². The molecule has 8 nitrogen and oxygen atoms in total. The molecule has 2 rings (SSSR count). The first-order valence-electron chi connectivity index (χ1n) is 8.80. The highest BCUT2D eigenvalue weighted by Crippen LogP contribution is 2.08. The van der Waals surface area contributed by atoms with Gasteiger partial charge in [0.1, 0.15) is 11.7 Å². The fraction of sp³-hybridized carbons (Fsp3) is 0.200. The molecule has 0 radical (unpaired) electrons. The molecule has 0 spiro atoms. The van der Waals surface area contributed by atoms with Crippen LogP contribution in [0.5, 0.6) is 0 Å². The highest BCUT2D eigenvalue weighted by atomic mass is 16.2. The van der Waals surface area contributed by atoms with E-state index in [-0.39, 0.29) is 23.5 Å². The van der Waals surface area contributed by atoms with Gasteiger partial charge < -0.3 is 21.7 Å². The lowest BCUT2D eigenvalue weighted by Gasteiger charge is -2.21. The van der Waals surface area contributed by atoms with Gasteiger partial charge in [-0.3, -0.25) is 20.4 Å². The van der Waals surface area contributed by atoms with E-state index in [4.69, 9.17) is 22.3 Å². The van der Waals surface area contributed by atoms with Crippen LogP contribution in [0.25, 0.3) is 0 Å². The van der Waals surface area contributed by atoms with Crippen LogP contribution in [-0.4, -0.2) is 48.0 Å². The lowest BCUT2D eigenvalue weighted by molar-refractivity contribution is 0.0757.